The normalized spacial score (nSPS) is 11.9. The van der Waals surface area contributed by atoms with Crippen molar-refractivity contribution in [2.45, 2.75) is 19.4 Å². The first-order valence-corrected chi connectivity index (χ1v) is 7.46. The first-order valence-electron chi connectivity index (χ1n) is 6.51. The van der Waals surface area contributed by atoms with E-state index in [9.17, 15) is 4.79 Å². The Hall–Kier alpha value is -1.88. The molecule has 5 heteroatoms. The molecule has 0 aliphatic rings. The lowest BCUT2D eigenvalue weighted by atomic mass is 10.1. The summed E-state index contributed by atoms with van der Waals surface area (Å²) in [5.74, 6) is 0.762. The third kappa shape index (κ3) is 3.81. The Bertz CT molecular complexity index is 549. The second-order valence-electron chi connectivity index (χ2n) is 5.01. The minimum Gasteiger partial charge on any atom is -0.363 e. The molecule has 0 unspecified atom stereocenters. The SMILES string of the molecule is C[C@H](Cc1ccsc1)NC(=O)c1ccc(N(C)C)nc1. The fourth-order valence-electron chi connectivity index (χ4n) is 1.91. The van der Waals surface area contributed by atoms with Crippen molar-refractivity contribution in [3.05, 3.63) is 46.3 Å². The molecule has 1 atom stereocenters. The van der Waals surface area contributed by atoms with E-state index in [1.165, 1.54) is 5.56 Å². The summed E-state index contributed by atoms with van der Waals surface area (Å²) in [6.07, 6.45) is 2.46. The number of thiophene rings is 1. The van der Waals surface area contributed by atoms with Crippen LogP contribution in [0, 0.1) is 0 Å². The van der Waals surface area contributed by atoms with Crippen LogP contribution in [0.4, 0.5) is 5.82 Å². The van der Waals surface area contributed by atoms with Crippen molar-refractivity contribution in [1.82, 2.24) is 10.3 Å². The highest BCUT2D eigenvalue weighted by Gasteiger charge is 2.11. The van der Waals surface area contributed by atoms with Gasteiger partial charge in [-0.15, -0.1) is 0 Å². The molecule has 1 N–H and O–H groups in total. The maximum Gasteiger partial charge on any atom is 0.253 e. The Kier molecular flexibility index (Phi) is 4.74. The Morgan fingerprint density at radius 2 is 2.20 bits per heavy atom. The van der Waals surface area contributed by atoms with Gasteiger partial charge in [0.05, 0.1) is 5.56 Å². The minimum atomic E-state index is -0.0782. The van der Waals surface area contributed by atoms with Gasteiger partial charge in [-0.3, -0.25) is 4.79 Å². The average molecular weight is 289 g/mol. The predicted molar refractivity (Wildman–Crippen MR) is 83.5 cm³/mol. The van der Waals surface area contributed by atoms with Crippen LogP contribution >= 0.6 is 11.3 Å². The van der Waals surface area contributed by atoms with Crippen LogP contribution in [0.25, 0.3) is 0 Å². The van der Waals surface area contributed by atoms with Gasteiger partial charge in [0.2, 0.25) is 0 Å². The number of carbonyl (C=O) groups excluding carboxylic acids is 1. The van der Waals surface area contributed by atoms with Gasteiger partial charge in [0, 0.05) is 26.3 Å². The van der Waals surface area contributed by atoms with Crippen molar-refractivity contribution in [2.24, 2.45) is 0 Å². The lowest BCUT2D eigenvalue weighted by Crippen LogP contribution is -2.34. The fourth-order valence-corrected chi connectivity index (χ4v) is 2.59. The molecule has 0 spiro atoms. The summed E-state index contributed by atoms with van der Waals surface area (Å²) in [5.41, 5.74) is 1.84. The molecule has 2 aromatic rings. The second-order valence-corrected chi connectivity index (χ2v) is 5.79. The third-order valence-electron chi connectivity index (χ3n) is 2.97. The largest absolute Gasteiger partial charge is 0.363 e. The molecule has 2 heterocycles. The second kappa shape index (κ2) is 6.52. The number of aromatic nitrogens is 1. The molecule has 1 amide bonds. The van der Waals surface area contributed by atoms with E-state index in [0.29, 0.717) is 5.56 Å². The van der Waals surface area contributed by atoms with Crippen LogP contribution < -0.4 is 10.2 Å². The first-order chi connectivity index (χ1) is 9.56. The lowest BCUT2D eigenvalue weighted by Gasteiger charge is -2.14. The topological polar surface area (TPSA) is 45.2 Å². The summed E-state index contributed by atoms with van der Waals surface area (Å²) in [6, 6.07) is 5.83. The molecule has 0 bridgehead atoms. The molecule has 0 aliphatic heterocycles. The summed E-state index contributed by atoms with van der Waals surface area (Å²) >= 11 is 1.67. The fraction of sp³-hybridized carbons (Fsp3) is 0.333. The van der Waals surface area contributed by atoms with Crippen LogP contribution in [0.15, 0.2) is 35.2 Å². The average Bonchev–Trinajstić information content (AvgIpc) is 2.91. The summed E-state index contributed by atoms with van der Waals surface area (Å²) in [5, 5.41) is 7.15. The zero-order valence-corrected chi connectivity index (χ0v) is 12.8. The van der Waals surface area contributed by atoms with Gasteiger partial charge in [0.25, 0.3) is 5.91 Å². The number of hydrogen-bond acceptors (Lipinski definition) is 4. The van der Waals surface area contributed by atoms with E-state index in [1.54, 1.807) is 23.6 Å². The highest BCUT2D eigenvalue weighted by atomic mass is 32.1. The maximum absolute atomic E-state index is 12.1. The molecule has 4 nitrogen and oxygen atoms in total. The van der Waals surface area contributed by atoms with Gasteiger partial charge in [-0.05, 0) is 47.9 Å². The van der Waals surface area contributed by atoms with Crippen LogP contribution in [0.3, 0.4) is 0 Å². The van der Waals surface area contributed by atoms with E-state index < -0.39 is 0 Å². The van der Waals surface area contributed by atoms with Gasteiger partial charge < -0.3 is 10.2 Å². The van der Waals surface area contributed by atoms with Gasteiger partial charge in [0.1, 0.15) is 5.82 Å². The molecule has 0 saturated heterocycles. The van der Waals surface area contributed by atoms with Crippen LogP contribution in [0.5, 0.6) is 0 Å². The zero-order chi connectivity index (χ0) is 14.5. The number of hydrogen-bond donors (Lipinski definition) is 1. The first kappa shape index (κ1) is 14.5. The van der Waals surface area contributed by atoms with Gasteiger partial charge in [-0.25, -0.2) is 4.98 Å². The van der Waals surface area contributed by atoms with Crippen LogP contribution in [-0.4, -0.2) is 31.0 Å². The Labute approximate surface area is 123 Å². The number of rotatable bonds is 5. The van der Waals surface area contributed by atoms with E-state index in [1.807, 2.05) is 37.4 Å². The Balaban J connectivity index is 1.93. The van der Waals surface area contributed by atoms with Crippen molar-refractivity contribution >= 4 is 23.1 Å². The number of carbonyl (C=O) groups is 1. The third-order valence-corrected chi connectivity index (χ3v) is 3.70. The molecular formula is C15H19N3OS. The Morgan fingerprint density at radius 1 is 1.40 bits per heavy atom. The van der Waals surface area contributed by atoms with Gasteiger partial charge in [-0.1, -0.05) is 0 Å². The molecule has 0 fully saturated rings. The lowest BCUT2D eigenvalue weighted by molar-refractivity contribution is 0.0940. The monoisotopic (exact) mass is 289 g/mol. The summed E-state index contributed by atoms with van der Waals surface area (Å²) < 4.78 is 0. The standard InChI is InChI=1S/C15H19N3OS/c1-11(8-12-6-7-20-10-12)17-15(19)13-4-5-14(16-9-13)18(2)3/h4-7,9-11H,8H2,1-3H3,(H,17,19)/t11-/m1/s1. The van der Waals surface area contributed by atoms with Crippen molar-refractivity contribution in [3.63, 3.8) is 0 Å². The summed E-state index contributed by atoms with van der Waals surface area (Å²) in [4.78, 5) is 18.3. The quantitative estimate of drug-likeness (QED) is 0.920. The van der Waals surface area contributed by atoms with Crippen molar-refractivity contribution in [2.75, 3.05) is 19.0 Å². The molecule has 2 aromatic heterocycles. The highest BCUT2D eigenvalue weighted by molar-refractivity contribution is 7.07. The molecule has 0 aliphatic carbocycles. The van der Waals surface area contributed by atoms with Gasteiger partial charge in [-0.2, -0.15) is 11.3 Å². The molecule has 106 valence electrons. The van der Waals surface area contributed by atoms with E-state index >= 15 is 0 Å². The van der Waals surface area contributed by atoms with Gasteiger partial charge >= 0.3 is 0 Å². The number of amides is 1. The molecule has 20 heavy (non-hydrogen) atoms. The Morgan fingerprint density at radius 3 is 2.75 bits per heavy atom. The van der Waals surface area contributed by atoms with E-state index in [2.05, 4.69) is 21.7 Å². The number of nitrogens with zero attached hydrogens (tertiary/aromatic N) is 2. The van der Waals surface area contributed by atoms with Crippen LogP contribution in [-0.2, 0) is 6.42 Å². The minimum absolute atomic E-state index is 0.0782. The maximum atomic E-state index is 12.1. The van der Waals surface area contributed by atoms with E-state index in [4.69, 9.17) is 0 Å². The zero-order valence-electron chi connectivity index (χ0n) is 12.0. The molecule has 2 rings (SSSR count). The van der Waals surface area contributed by atoms with E-state index in [0.717, 1.165) is 12.2 Å². The predicted octanol–water partition coefficient (Wildman–Crippen LogP) is 2.57. The summed E-state index contributed by atoms with van der Waals surface area (Å²) in [6.45, 7) is 2.01. The van der Waals surface area contributed by atoms with Crippen LogP contribution in [0.2, 0.25) is 0 Å². The van der Waals surface area contributed by atoms with Crippen molar-refractivity contribution in [1.29, 1.82) is 0 Å². The number of anilines is 1. The summed E-state index contributed by atoms with van der Waals surface area (Å²) in [7, 11) is 3.84. The molecular weight excluding hydrogens is 270 g/mol. The number of nitrogens with one attached hydrogen (secondary N) is 1. The number of pyridine rings is 1. The highest BCUT2D eigenvalue weighted by Crippen LogP contribution is 2.10. The molecule has 0 aromatic carbocycles. The molecule has 0 radical (unpaired) electrons. The van der Waals surface area contributed by atoms with Crippen molar-refractivity contribution < 1.29 is 4.79 Å². The molecule has 0 saturated carbocycles. The van der Waals surface area contributed by atoms with Gasteiger partial charge in [0.15, 0.2) is 0 Å². The van der Waals surface area contributed by atoms with Crippen molar-refractivity contribution in [3.8, 4) is 0 Å². The van der Waals surface area contributed by atoms with E-state index in [-0.39, 0.29) is 11.9 Å². The smallest absolute Gasteiger partial charge is 0.253 e. The van der Waals surface area contributed by atoms with Crippen LogP contribution in [0.1, 0.15) is 22.8 Å².